The summed E-state index contributed by atoms with van der Waals surface area (Å²) in [6.07, 6.45) is 0.272. The Balaban J connectivity index is 1.61. The molecule has 0 aliphatic carbocycles. The van der Waals surface area contributed by atoms with Crippen molar-refractivity contribution in [1.29, 1.82) is 5.26 Å². The van der Waals surface area contributed by atoms with Crippen LogP contribution < -0.4 is 15.4 Å². The molecule has 0 saturated carbocycles. The first kappa shape index (κ1) is 24.6. The van der Waals surface area contributed by atoms with Gasteiger partial charge in [-0.25, -0.2) is 17.8 Å². The normalized spacial score (nSPS) is 11.0. The highest BCUT2D eigenvalue weighted by molar-refractivity contribution is 7.89. The number of nitrogens with one attached hydrogen (secondary N) is 3. The van der Waals surface area contributed by atoms with Crippen molar-refractivity contribution in [3.8, 4) is 6.07 Å². The molecule has 3 aromatic rings. The number of amides is 2. The van der Waals surface area contributed by atoms with Gasteiger partial charge in [0.05, 0.1) is 29.6 Å². The van der Waals surface area contributed by atoms with Crippen molar-refractivity contribution >= 4 is 33.3 Å². The zero-order valence-corrected chi connectivity index (χ0v) is 19.5. The van der Waals surface area contributed by atoms with Crippen LogP contribution in [0, 0.1) is 18.3 Å². The van der Waals surface area contributed by atoms with Gasteiger partial charge >= 0.3 is 0 Å². The minimum absolute atomic E-state index is 0.0395. The van der Waals surface area contributed by atoms with Gasteiger partial charge in [0.1, 0.15) is 5.82 Å². The van der Waals surface area contributed by atoms with Gasteiger partial charge in [0.25, 0.3) is 5.91 Å². The van der Waals surface area contributed by atoms with Crippen molar-refractivity contribution in [2.75, 3.05) is 10.6 Å². The molecule has 34 heavy (non-hydrogen) atoms. The van der Waals surface area contributed by atoms with Crippen LogP contribution in [0.3, 0.4) is 0 Å². The van der Waals surface area contributed by atoms with E-state index in [2.05, 4.69) is 20.5 Å². The molecule has 0 bridgehead atoms. The SMILES string of the molecule is CC(=O)Nc1ccc(S(=O)(=O)NCc2ccc(C(=O)Nc3cc(C)nn3CCC#N)cc2)cc1. The van der Waals surface area contributed by atoms with Crippen molar-refractivity contribution in [3.63, 3.8) is 0 Å². The standard InChI is InChI=1S/C23H24N6O4S/c1-16-14-22(29(28-16)13-3-12-24)27-23(31)19-6-4-18(5-7-19)15-25-34(32,33)21-10-8-20(9-11-21)26-17(2)30/h4-11,14,25H,3,13,15H2,1-2H3,(H,26,30)(H,27,31). The van der Waals surface area contributed by atoms with Crippen molar-refractivity contribution in [2.24, 2.45) is 0 Å². The Morgan fingerprint density at radius 1 is 1.06 bits per heavy atom. The van der Waals surface area contributed by atoms with Crippen LogP contribution in [0.5, 0.6) is 0 Å². The lowest BCUT2D eigenvalue weighted by atomic mass is 10.1. The first-order chi connectivity index (χ1) is 16.2. The number of nitriles is 1. The lowest BCUT2D eigenvalue weighted by Crippen LogP contribution is -2.23. The Morgan fingerprint density at radius 2 is 1.74 bits per heavy atom. The smallest absolute Gasteiger partial charge is 0.256 e. The fraction of sp³-hybridized carbons (Fsp3) is 0.217. The van der Waals surface area contributed by atoms with Gasteiger partial charge in [0.15, 0.2) is 0 Å². The molecule has 0 fully saturated rings. The average molecular weight is 481 g/mol. The molecule has 0 unspecified atom stereocenters. The molecule has 2 amide bonds. The number of hydrogen-bond acceptors (Lipinski definition) is 6. The summed E-state index contributed by atoms with van der Waals surface area (Å²) in [7, 11) is -3.76. The average Bonchev–Trinajstić information content (AvgIpc) is 3.15. The Hall–Kier alpha value is -4.01. The summed E-state index contributed by atoms with van der Waals surface area (Å²) in [5.74, 6) is -0.0887. The van der Waals surface area contributed by atoms with E-state index in [4.69, 9.17) is 5.26 Å². The van der Waals surface area contributed by atoms with Gasteiger partial charge in [-0.1, -0.05) is 12.1 Å². The van der Waals surface area contributed by atoms with Crippen LogP contribution in [0.1, 0.15) is 35.0 Å². The third kappa shape index (κ3) is 6.50. The molecule has 0 aliphatic heterocycles. The molecule has 11 heteroatoms. The first-order valence-corrected chi connectivity index (χ1v) is 11.9. The van der Waals surface area contributed by atoms with Crippen LogP contribution in [0.25, 0.3) is 0 Å². The molecule has 1 heterocycles. The maximum Gasteiger partial charge on any atom is 0.256 e. The van der Waals surface area contributed by atoms with Crippen molar-refractivity contribution in [2.45, 2.75) is 38.3 Å². The summed E-state index contributed by atoms with van der Waals surface area (Å²) in [6, 6.07) is 16.1. The Kier molecular flexibility index (Phi) is 7.78. The maximum absolute atomic E-state index is 12.6. The third-order valence-electron chi connectivity index (χ3n) is 4.75. The molecule has 0 aliphatic rings. The van der Waals surface area contributed by atoms with E-state index < -0.39 is 10.0 Å². The highest BCUT2D eigenvalue weighted by Crippen LogP contribution is 2.16. The predicted octanol–water partition coefficient (Wildman–Crippen LogP) is 2.79. The van der Waals surface area contributed by atoms with E-state index in [1.807, 2.05) is 6.07 Å². The largest absolute Gasteiger partial charge is 0.326 e. The van der Waals surface area contributed by atoms with Crippen LogP contribution in [-0.4, -0.2) is 30.0 Å². The number of benzene rings is 2. The summed E-state index contributed by atoms with van der Waals surface area (Å²) < 4.78 is 29.2. The minimum Gasteiger partial charge on any atom is -0.326 e. The molecule has 0 saturated heterocycles. The number of sulfonamides is 1. The predicted molar refractivity (Wildman–Crippen MR) is 126 cm³/mol. The summed E-state index contributed by atoms with van der Waals surface area (Å²) in [6.45, 7) is 3.58. The Bertz CT molecular complexity index is 1320. The van der Waals surface area contributed by atoms with E-state index in [-0.39, 0.29) is 29.7 Å². The lowest BCUT2D eigenvalue weighted by Gasteiger charge is -2.10. The summed E-state index contributed by atoms with van der Waals surface area (Å²) >= 11 is 0. The third-order valence-corrected chi connectivity index (χ3v) is 6.16. The highest BCUT2D eigenvalue weighted by Gasteiger charge is 2.15. The molecular formula is C23H24N6O4S. The van der Waals surface area contributed by atoms with Crippen molar-refractivity contribution in [3.05, 3.63) is 71.4 Å². The van der Waals surface area contributed by atoms with Crippen LogP contribution in [-0.2, 0) is 27.9 Å². The number of aromatic nitrogens is 2. The van der Waals surface area contributed by atoms with E-state index in [9.17, 15) is 18.0 Å². The molecular weight excluding hydrogens is 456 g/mol. The van der Waals surface area contributed by atoms with E-state index in [1.54, 1.807) is 41.9 Å². The second kappa shape index (κ2) is 10.7. The Labute approximate surface area is 197 Å². The monoisotopic (exact) mass is 480 g/mol. The first-order valence-electron chi connectivity index (χ1n) is 10.4. The molecule has 3 N–H and O–H groups in total. The van der Waals surface area contributed by atoms with Crippen LogP contribution >= 0.6 is 0 Å². The van der Waals surface area contributed by atoms with E-state index in [0.29, 0.717) is 29.2 Å². The number of nitrogens with zero attached hydrogens (tertiary/aromatic N) is 3. The van der Waals surface area contributed by atoms with Gasteiger partial charge in [-0.15, -0.1) is 0 Å². The van der Waals surface area contributed by atoms with Crippen LogP contribution in [0.4, 0.5) is 11.5 Å². The molecule has 0 atom stereocenters. The van der Waals surface area contributed by atoms with Gasteiger partial charge in [-0.2, -0.15) is 10.4 Å². The van der Waals surface area contributed by atoms with Crippen molar-refractivity contribution < 1.29 is 18.0 Å². The van der Waals surface area contributed by atoms with Crippen LogP contribution in [0.2, 0.25) is 0 Å². The quantitative estimate of drug-likeness (QED) is 0.429. The van der Waals surface area contributed by atoms with E-state index in [0.717, 1.165) is 5.69 Å². The van der Waals surface area contributed by atoms with Gasteiger partial charge in [0, 0.05) is 30.8 Å². The molecule has 3 rings (SSSR count). The Morgan fingerprint density at radius 3 is 2.35 bits per heavy atom. The summed E-state index contributed by atoms with van der Waals surface area (Å²) in [5.41, 5.74) is 2.29. The van der Waals surface area contributed by atoms with Gasteiger partial charge in [-0.3, -0.25) is 9.59 Å². The zero-order valence-electron chi connectivity index (χ0n) is 18.7. The summed E-state index contributed by atoms with van der Waals surface area (Å²) in [4.78, 5) is 23.8. The van der Waals surface area contributed by atoms with E-state index in [1.165, 1.54) is 31.2 Å². The van der Waals surface area contributed by atoms with Gasteiger partial charge < -0.3 is 10.6 Å². The topological polar surface area (TPSA) is 146 Å². The lowest BCUT2D eigenvalue weighted by molar-refractivity contribution is -0.114. The summed E-state index contributed by atoms with van der Waals surface area (Å²) in [5, 5.41) is 18.4. The molecule has 176 valence electrons. The van der Waals surface area contributed by atoms with Gasteiger partial charge in [-0.05, 0) is 48.9 Å². The highest BCUT2D eigenvalue weighted by atomic mass is 32.2. The number of rotatable bonds is 9. The number of carbonyl (C=O) groups excluding carboxylic acids is 2. The minimum atomic E-state index is -3.76. The maximum atomic E-state index is 12.6. The van der Waals surface area contributed by atoms with Crippen LogP contribution in [0.15, 0.2) is 59.5 Å². The molecule has 10 nitrogen and oxygen atoms in total. The number of aryl methyl sites for hydroxylation is 2. The van der Waals surface area contributed by atoms with E-state index >= 15 is 0 Å². The fourth-order valence-electron chi connectivity index (χ4n) is 3.12. The molecule has 2 aromatic carbocycles. The number of carbonyl (C=O) groups is 2. The number of hydrogen-bond donors (Lipinski definition) is 3. The second-order valence-electron chi connectivity index (χ2n) is 7.48. The molecule has 1 aromatic heterocycles. The molecule has 0 spiro atoms. The molecule has 0 radical (unpaired) electrons. The van der Waals surface area contributed by atoms with Crippen molar-refractivity contribution in [1.82, 2.24) is 14.5 Å². The van der Waals surface area contributed by atoms with Gasteiger partial charge in [0.2, 0.25) is 15.9 Å². The fourth-order valence-corrected chi connectivity index (χ4v) is 4.14. The second-order valence-corrected chi connectivity index (χ2v) is 9.25. The zero-order chi connectivity index (χ0) is 24.7. The number of anilines is 2.